The molecule has 4 rings (SSSR count). The number of fused-ring (bicyclic) bond motifs is 1. The maximum absolute atomic E-state index is 13.6. The van der Waals surface area contributed by atoms with Gasteiger partial charge < -0.3 is 4.74 Å². The Hall–Kier alpha value is -3.19. The molecule has 8 heteroatoms. The summed E-state index contributed by atoms with van der Waals surface area (Å²) in [6, 6.07) is 11.5. The van der Waals surface area contributed by atoms with Crippen LogP contribution >= 0.6 is 11.6 Å². The maximum Gasteiger partial charge on any atom is 0.273 e. The van der Waals surface area contributed by atoms with Gasteiger partial charge in [0.05, 0.1) is 18.9 Å². The minimum atomic E-state index is -1.10. The first-order valence-corrected chi connectivity index (χ1v) is 11.8. The van der Waals surface area contributed by atoms with E-state index in [4.69, 9.17) is 16.3 Å². The van der Waals surface area contributed by atoms with Crippen molar-refractivity contribution in [3.63, 3.8) is 0 Å². The van der Waals surface area contributed by atoms with E-state index in [9.17, 15) is 19.2 Å². The Morgan fingerprint density at radius 2 is 1.56 bits per heavy atom. The van der Waals surface area contributed by atoms with Gasteiger partial charge in [-0.3, -0.25) is 19.2 Å². The van der Waals surface area contributed by atoms with Crippen LogP contribution in [0.3, 0.4) is 0 Å². The van der Waals surface area contributed by atoms with Crippen molar-refractivity contribution in [3.05, 3.63) is 64.7 Å². The third-order valence-electron chi connectivity index (χ3n) is 6.80. The Balaban J connectivity index is 1.72. The molecule has 0 unspecified atom stereocenters. The van der Waals surface area contributed by atoms with Crippen LogP contribution in [0.2, 0.25) is 5.02 Å². The zero-order valence-corrected chi connectivity index (χ0v) is 20.1. The average molecular weight is 483 g/mol. The molecule has 0 N–H and O–H groups in total. The van der Waals surface area contributed by atoms with Crippen LogP contribution in [0.5, 0.6) is 5.75 Å². The number of methoxy groups -OCH3 is 1. The maximum atomic E-state index is 13.6. The van der Waals surface area contributed by atoms with Gasteiger partial charge in [-0.2, -0.15) is 5.01 Å². The van der Waals surface area contributed by atoms with E-state index < -0.39 is 41.4 Å². The van der Waals surface area contributed by atoms with Gasteiger partial charge in [0.25, 0.3) is 17.7 Å². The first kappa shape index (κ1) is 24.0. The zero-order valence-electron chi connectivity index (χ0n) is 19.4. The van der Waals surface area contributed by atoms with Gasteiger partial charge in [-0.25, -0.2) is 5.01 Å². The summed E-state index contributed by atoms with van der Waals surface area (Å²) in [5.74, 6) is -1.88. The summed E-state index contributed by atoms with van der Waals surface area (Å²) in [5, 5.41) is 2.40. The molecule has 2 fully saturated rings. The number of hydrazine groups is 1. The molecule has 0 radical (unpaired) electrons. The lowest BCUT2D eigenvalue weighted by atomic mass is 9.76. The summed E-state index contributed by atoms with van der Waals surface area (Å²) in [4.78, 5) is 53.9. The van der Waals surface area contributed by atoms with E-state index in [0.29, 0.717) is 35.1 Å². The van der Waals surface area contributed by atoms with Gasteiger partial charge in [0, 0.05) is 16.1 Å². The highest BCUT2D eigenvalue weighted by Gasteiger charge is 2.54. The van der Waals surface area contributed by atoms with Crippen LogP contribution in [-0.2, 0) is 9.59 Å². The lowest BCUT2D eigenvalue weighted by Crippen LogP contribution is -2.56. The van der Waals surface area contributed by atoms with Crippen molar-refractivity contribution in [1.29, 1.82) is 0 Å². The second-order valence-electron chi connectivity index (χ2n) is 9.04. The largest absolute Gasteiger partial charge is 0.497 e. The predicted molar refractivity (Wildman–Crippen MR) is 126 cm³/mol. The summed E-state index contributed by atoms with van der Waals surface area (Å²) in [6.45, 7) is 3.59. The summed E-state index contributed by atoms with van der Waals surface area (Å²) < 4.78 is 5.15. The minimum Gasteiger partial charge on any atom is -0.497 e. The molecule has 0 bridgehead atoms. The lowest BCUT2D eigenvalue weighted by molar-refractivity contribution is -0.156. The van der Waals surface area contributed by atoms with Gasteiger partial charge in [0.15, 0.2) is 5.78 Å². The van der Waals surface area contributed by atoms with Gasteiger partial charge in [0.2, 0.25) is 0 Å². The van der Waals surface area contributed by atoms with Crippen LogP contribution < -0.4 is 4.74 Å². The molecule has 3 amide bonds. The van der Waals surface area contributed by atoms with E-state index in [0.717, 1.165) is 16.4 Å². The van der Waals surface area contributed by atoms with E-state index >= 15 is 0 Å². The standard InChI is InChI=1S/C26H27ClN2O5/c1-15-4-13-21-22(14-15)26(33)29(25(21)32)28(24(31)18-5-9-19(27)10-6-18)16(2)23(30)17-7-11-20(34-3)12-8-17/h5-12,15-16,21-22H,4,13-14H2,1-3H3/t15-,16+,21-,22-/m1/s1. The first-order valence-electron chi connectivity index (χ1n) is 11.4. The molecule has 1 aliphatic carbocycles. The van der Waals surface area contributed by atoms with Crippen LogP contribution in [0.4, 0.5) is 0 Å². The van der Waals surface area contributed by atoms with Gasteiger partial charge in [-0.15, -0.1) is 0 Å². The molecule has 178 valence electrons. The Labute approximate surface area is 203 Å². The SMILES string of the molecule is COc1ccc(C(=O)[C@H](C)N(C(=O)c2ccc(Cl)cc2)N2C(=O)[C@@H]3CC[C@@H](C)C[C@H]3C2=O)cc1. The Kier molecular flexibility index (Phi) is 6.75. The second-order valence-corrected chi connectivity index (χ2v) is 9.48. The second kappa shape index (κ2) is 9.58. The van der Waals surface area contributed by atoms with Crippen molar-refractivity contribution >= 4 is 35.1 Å². The highest BCUT2D eigenvalue weighted by molar-refractivity contribution is 6.30. The summed E-state index contributed by atoms with van der Waals surface area (Å²) in [7, 11) is 1.52. The highest BCUT2D eigenvalue weighted by Crippen LogP contribution is 2.41. The highest BCUT2D eigenvalue weighted by atomic mass is 35.5. The van der Waals surface area contributed by atoms with Gasteiger partial charge >= 0.3 is 0 Å². The van der Waals surface area contributed by atoms with Crippen molar-refractivity contribution in [1.82, 2.24) is 10.0 Å². The molecular formula is C26H27ClN2O5. The molecule has 1 saturated heterocycles. The molecule has 0 spiro atoms. The van der Waals surface area contributed by atoms with Crippen LogP contribution in [-0.4, -0.2) is 46.7 Å². The molecule has 1 aliphatic heterocycles. The van der Waals surface area contributed by atoms with Gasteiger partial charge in [-0.1, -0.05) is 18.5 Å². The first-order chi connectivity index (χ1) is 16.2. The third-order valence-corrected chi connectivity index (χ3v) is 7.05. The molecule has 7 nitrogen and oxygen atoms in total. The van der Waals surface area contributed by atoms with E-state index in [-0.39, 0.29) is 5.56 Å². The number of amides is 3. The van der Waals surface area contributed by atoms with E-state index in [2.05, 4.69) is 6.92 Å². The molecule has 1 saturated carbocycles. The van der Waals surface area contributed by atoms with Crippen LogP contribution in [0.15, 0.2) is 48.5 Å². The number of ketones is 1. The number of hydrogen-bond donors (Lipinski definition) is 0. The third kappa shape index (κ3) is 4.32. The Morgan fingerprint density at radius 3 is 2.18 bits per heavy atom. The molecule has 4 atom stereocenters. The minimum absolute atomic E-state index is 0.225. The topological polar surface area (TPSA) is 84.0 Å². The molecule has 2 aromatic carbocycles. The van der Waals surface area contributed by atoms with Crippen molar-refractivity contribution < 1.29 is 23.9 Å². The lowest BCUT2D eigenvalue weighted by Gasteiger charge is -2.34. The summed E-state index contributed by atoms with van der Waals surface area (Å²) in [5.41, 5.74) is 0.565. The normalized spacial score (nSPS) is 22.8. The number of rotatable bonds is 6. The molecule has 34 heavy (non-hydrogen) atoms. The number of carbonyl (C=O) groups is 4. The summed E-state index contributed by atoms with van der Waals surface area (Å²) >= 11 is 5.98. The smallest absolute Gasteiger partial charge is 0.273 e. The molecule has 2 aliphatic rings. The molecule has 1 heterocycles. The number of halogens is 1. The molecule has 2 aromatic rings. The Morgan fingerprint density at radius 1 is 0.971 bits per heavy atom. The van der Waals surface area contributed by atoms with Crippen LogP contribution in [0.1, 0.15) is 53.8 Å². The number of carbonyl (C=O) groups excluding carboxylic acids is 4. The van der Waals surface area contributed by atoms with E-state index in [1.54, 1.807) is 36.4 Å². The number of Topliss-reactive ketones (excluding diaryl/α,β-unsaturated/α-hetero) is 1. The van der Waals surface area contributed by atoms with E-state index in [1.165, 1.54) is 26.2 Å². The van der Waals surface area contributed by atoms with Crippen molar-refractivity contribution in [3.8, 4) is 5.75 Å². The molecular weight excluding hydrogens is 456 g/mol. The van der Waals surface area contributed by atoms with Crippen LogP contribution in [0, 0.1) is 17.8 Å². The number of hydrogen-bond acceptors (Lipinski definition) is 5. The number of ether oxygens (including phenoxy) is 1. The average Bonchev–Trinajstić information content (AvgIpc) is 3.08. The number of benzene rings is 2. The van der Waals surface area contributed by atoms with Gasteiger partial charge in [-0.05, 0) is 80.6 Å². The monoisotopic (exact) mass is 482 g/mol. The summed E-state index contributed by atoms with van der Waals surface area (Å²) in [6.07, 6.45) is 2.03. The number of nitrogens with zero attached hydrogens (tertiary/aromatic N) is 2. The van der Waals surface area contributed by atoms with Crippen molar-refractivity contribution in [2.45, 2.75) is 39.2 Å². The Bertz CT molecular complexity index is 1120. The van der Waals surface area contributed by atoms with Crippen molar-refractivity contribution in [2.75, 3.05) is 7.11 Å². The number of imide groups is 1. The fourth-order valence-corrected chi connectivity index (χ4v) is 4.98. The molecule has 0 aromatic heterocycles. The fourth-order valence-electron chi connectivity index (χ4n) is 4.86. The predicted octanol–water partition coefficient (Wildman–Crippen LogP) is 4.40. The van der Waals surface area contributed by atoms with Crippen molar-refractivity contribution in [2.24, 2.45) is 17.8 Å². The quantitative estimate of drug-likeness (QED) is 0.450. The zero-order chi connectivity index (χ0) is 24.6. The fraction of sp³-hybridized carbons (Fsp3) is 0.385. The van der Waals surface area contributed by atoms with E-state index in [1.807, 2.05) is 0 Å². The van der Waals surface area contributed by atoms with Gasteiger partial charge in [0.1, 0.15) is 11.8 Å². The van der Waals surface area contributed by atoms with Crippen LogP contribution in [0.25, 0.3) is 0 Å².